The standard InChI is InChI=1S/C14H27NO2/c1-14(2)7-6-11(16)9-13(14)15-8-4-5-12(10-15)17-3/h11-13,16H,4-10H2,1-3H3. The molecular weight excluding hydrogens is 214 g/mol. The number of rotatable bonds is 2. The van der Waals surface area contributed by atoms with Gasteiger partial charge in [0, 0.05) is 19.7 Å². The van der Waals surface area contributed by atoms with Crippen molar-refractivity contribution >= 4 is 0 Å². The minimum absolute atomic E-state index is 0.101. The van der Waals surface area contributed by atoms with Gasteiger partial charge in [0.25, 0.3) is 0 Å². The van der Waals surface area contributed by atoms with Crippen LogP contribution in [0.15, 0.2) is 0 Å². The summed E-state index contributed by atoms with van der Waals surface area (Å²) in [5.41, 5.74) is 0.328. The Hall–Kier alpha value is -0.120. The van der Waals surface area contributed by atoms with Gasteiger partial charge < -0.3 is 9.84 Å². The molecule has 1 saturated carbocycles. The highest BCUT2D eigenvalue weighted by Crippen LogP contribution is 2.39. The molecule has 0 aromatic carbocycles. The molecule has 0 spiro atoms. The molecule has 0 amide bonds. The quantitative estimate of drug-likeness (QED) is 0.803. The third-order valence-electron chi connectivity index (χ3n) is 4.70. The molecule has 17 heavy (non-hydrogen) atoms. The van der Waals surface area contributed by atoms with Crippen molar-refractivity contribution in [2.45, 2.75) is 64.2 Å². The summed E-state index contributed by atoms with van der Waals surface area (Å²) in [4.78, 5) is 2.56. The molecule has 0 aromatic rings. The zero-order valence-electron chi connectivity index (χ0n) is 11.5. The maximum Gasteiger partial charge on any atom is 0.0698 e. The van der Waals surface area contributed by atoms with Gasteiger partial charge in [-0.25, -0.2) is 0 Å². The van der Waals surface area contributed by atoms with E-state index in [1.807, 2.05) is 7.11 Å². The predicted octanol–water partition coefficient (Wildman–Crippen LogP) is 2.04. The number of nitrogens with zero attached hydrogens (tertiary/aromatic N) is 1. The van der Waals surface area contributed by atoms with Crippen LogP contribution in [-0.2, 0) is 4.74 Å². The lowest BCUT2D eigenvalue weighted by Crippen LogP contribution is -2.54. The summed E-state index contributed by atoms with van der Waals surface area (Å²) >= 11 is 0. The van der Waals surface area contributed by atoms with Crippen molar-refractivity contribution in [1.29, 1.82) is 0 Å². The molecule has 3 unspecified atom stereocenters. The third-order valence-corrected chi connectivity index (χ3v) is 4.70. The summed E-state index contributed by atoms with van der Waals surface area (Å²) in [6.07, 6.45) is 5.72. The van der Waals surface area contributed by atoms with Crippen LogP contribution in [0.5, 0.6) is 0 Å². The Kier molecular flexibility index (Phi) is 4.11. The Morgan fingerprint density at radius 3 is 2.76 bits per heavy atom. The summed E-state index contributed by atoms with van der Waals surface area (Å²) in [7, 11) is 1.81. The first-order valence-electron chi connectivity index (χ1n) is 6.98. The van der Waals surface area contributed by atoms with Gasteiger partial charge in [0.15, 0.2) is 0 Å². The molecule has 1 saturated heterocycles. The number of hydrogen-bond donors (Lipinski definition) is 1. The largest absolute Gasteiger partial charge is 0.393 e. The van der Waals surface area contributed by atoms with Gasteiger partial charge in [0.05, 0.1) is 12.2 Å². The summed E-state index contributed by atoms with van der Waals surface area (Å²) < 4.78 is 5.50. The molecule has 3 atom stereocenters. The van der Waals surface area contributed by atoms with Gasteiger partial charge in [-0.1, -0.05) is 13.8 Å². The van der Waals surface area contributed by atoms with E-state index < -0.39 is 0 Å². The van der Waals surface area contributed by atoms with E-state index in [4.69, 9.17) is 4.74 Å². The SMILES string of the molecule is COC1CCCN(C2CC(O)CCC2(C)C)C1. The van der Waals surface area contributed by atoms with Crippen LogP contribution in [0.3, 0.4) is 0 Å². The number of ether oxygens (including phenoxy) is 1. The number of piperidine rings is 1. The van der Waals surface area contributed by atoms with Gasteiger partial charge in [-0.05, 0) is 44.1 Å². The van der Waals surface area contributed by atoms with E-state index >= 15 is 0 Å². The molecule has 1 aliphatic heterocycles. The molecule has 0 aromatic heterocycles. The average Bonchev–Trinajstić information content (AvgIpc) is 2.32. The maximum absolute atomic E-state index is 9.91. The van der Waals surface area contributed by atoms with E-state index in [1.165, 1.54) is 19.4 Å². The van der Waals surface area contributed by atoms with Crippen molar-refractivity contribution in [3.05, 3.63) is 0 Å². The fourth-order valence-electron chi connectivity index (χ4n) is 3.48. The van der Waals surface area contributed by atoms with Crippen LogP contribution in [-0.4, -0.2) is 48.5 Å². The van der Waals surface area contributed by atoms with E-state index in [-0.39, 0.29) is 6.10 Å². The number of likely N-dealkylation sites (tertiary alicyclic amines) is 1. The maximum atomic E-state index is 9.91. The second-order valence-electron chi connectivity index (χ2n) is 6.43. The van der Waals surface area contributed by atoms with Gasteiger partial charge >= 0.3 is 0 Å². The second kappa shape index (κ2) is 5.25. The van der Waals surface area contributed by atoms with Gasteiger partial charge in [0.2, 0.25) is 0 Å². The Morgan fingerprint density at radius 1 is 1.29 bits per heavy atom. The highest BCUT2D eigenvalue weighted by Gasteiger charge is 2.40. The van der Waals surface area contributed by atoms with Crippen molar-refractivity contribution in [3.63, 3.8) is 0 Å². The lowest BCUT2D eigenvalue weighted by atomic mass is 9.71. The molecular formula is C14H27NO2. The third kappa shape index (κ3) is 3.01. The molecule has 2 fully saturated rings. The molecule has 1 N–H and O–H groups in total. The fourth-order valence-corrected chi connectivity index (χ4v) is 3.48. The molecule has 100 valence electrons. The minimum Gasteiger partial charge on any atom is -0.393 e. The topological polar surface area (TPSA) is 32.7 Å². The van der Waals surface area contributed by atoms with Gasteiger partial charge in [-0.2, -0.15) is 0 Å². The van der Waals surface area contributed by atoms with Crippen LogP contribution in [0, 0.1) is 5.41 Å². The molecule has 3 nitrogen and oxygen atoms in total. The minimum atomic E-state index is -0.101. The van der Waals surface area contributed by atoms with Crippen LogP contribution < -0.4 is 0 Å². The van der Waals surface area contributed by atoms with E-state index in [9.17, 15) is 5.11 Å². The van der Waals surface area contributed by atoms with E-state index in [0.717, 1.165) is 25.8 Å². The summed E-state index contributed by atoms with van der Waals surface area (Å²) in [5, 5.41) is 9.91. The van der Waals surface area contributed by atoms with Gasteiger partial charge in [-0.15, -0.1) is 0 Å². The number of aliphatic hydroxyl groups is 1. The fraction of sp³-hybridized carbons (Fsp3) is 1.00. The van der Waals surface area contributed by atoms with Crippen molar-refractivity contribution in [3.8, 4) is 0 Å². The summed E-state index contributed by atoms with van der Waals surface area (Å²) in [6.45, 7) is 6.90. The Balaban J connectivity index is 2.03. The van der Waals surface area contributed by atoms with E-state index in [2.05, 4.69) is 18.7 Å². The van der Waals surface area contributed by atoms with Gasteiger partial charge in [-0.3, -0.25) is 4.90 Å². The van der Waals surface area contributed by atoms with Crippen LogP contribution in [0.2, 0.25) is 0 Å². The Morgan fingerprint density at radius 2 is 2.06 bits per heavy atom. The second-order valence-corrected chi connectivity index (χ2v) is 6.43. The van der Waals surface area contributed by atoms with Crippen molar-refractivity contribution in [2.75, 3.05) is 20.2 Å². The highest BCUT2D eigenvalue weighted by atomic mass is 16.5. The molecule has 2 aliphatic rings. The van der Waals surface area contributed by atoms with Crippen molar-refractivity contribution in [2.24, 2.45) is 5.41 Å². The van der Waals surface area contributed by atoms with E-state index in [0.29, 0.717) is 17.6 Å². The average molecular weight is 241 g/mol. The highest BCUT2D eigenvalue weighted by molar-refractivity contribution is 4.94. The molecule has 3 heteroatoms. The molecule has 2 rings (SSSR count). The smallest absolute Gasteiger partial charge is 0.0698 e. The van der Waals surface area contributed by atoms with Gasteiger partial charge in [0.1, 0.15) is 0 Å². The predicted molar refractivity (Wildman–Crippen MR) is 69.0 cm³/mol. The normalized spacial score (nSPS) is 39.2. The van der Waals surface area contributed by atoms with Crippen molar-refractivity contribution in [1.82, 2.24) is 4.90 Å². The molecule has 0 bridgehead atoms. The first-order valence-corrected chi connectivity index (χ1v) is 6.98. The Bertz CT molecular complexity index is 255. The molecule has 1 heterocycles. The first-order chi connectivity index (χ1) is 8.03. The van der Waals surface area contributed by atoms with Crippen LogP contribution >= 0.6 is 0 Å². The molecule has 1 aliphatic carbocycles. The zero-order chi connectivity index (χ0) is 12.5. The van der Waals surface area contributed by atoms with Crippen LogP contribution in [0.4, 0.5) is 0 Å². The number of hydrogen-bond acceptors (Lipinski definition) is 3. The lowest BCUT2D eigenvalue weighted by Gasteiger charge is -2.49. The molecule has 0 radical (unpaired) electrons. The summed E-state index contributed by atoms with van der Waals surface area (Å²) in [6, 6.07) is 0.518. The monoisotopic (exact) mass is 241 g/mol. The first kappa shape index (κ1) is 13.3. The number of aliphatic hydroxyl groups excluding tert-OH is 1. The summed E-state index contributed by atoms with van der Waals surface area (Å²) in [5.74, 6) is 0. The van der Waals surface area contributed by atoms with Crippen LogP contribution in [0.25, 0.3) is 0 Å². The number of methoxy groups -OCH3 is 1. The van der Waals surface area contributed by atoms with Crippen LogP contribution in [0.1, 0.15) is 46.0 Å². The Labute approximate surface area is 105 Å². The zero-order valence-corrected chi connectivity index (χ0v) is 11.5. The lowest BCUT2D eigenvalue weighted by molar-refractivity contribution is -0.0512. The van der Waals surface area contributed by atoms with E-state index in [1.54, 1.807) is 0 Å². The van der Waals surface area contributed by atoms with Crippen molar-refractivity contribution < 1.29 is 9.84 Å².